The Morgan fingerprint density at radius 3 is 2.38 bits per heavy atom. The predicted octanol–water partition coefficient (Wildman–Crippen LogP) is 6.11. The normalized spacial score (nSPS) is 17.8. The van der Waals surface area contributed by atoms with Gasteiger partial charge in [-0.15, -0.1) is 11.8 Å². The molecule has 0 saturated carbocycles. The molecule has 0 bridgehead atoms. The molecule has 1 saturated heterocycles. The van der Waals surface area contributed by atoms with E-state index in [1.54, 1.807) is 0 Å². The summed E-state index contributed by atoms with van der Waals surface area (Å²) in [5, 5.41) is 7.64. The molecule has 0 amide bonds. The van der Waals surface area contributed by atoms with Crippen molar-refractivity contribution in [2.45, 2.75) is 36.0 Å². The van der Waals surface area contributed by atoms with Crippen LogP contribution in [0.2, 0.25) is 0 Å². The van der Waals surface area contributed by atoms with Gasteiger partial charge in [0.25, 0.3) is 0 Å². The summed E-state index contributed by atoms with van der Waals surface area (Å²) in [7, 11) is 0. The molecule has 148 valence electrons. The maximum Gasteiger partial charge on any atom is 0.138 e. The van der Waals surface area contributed by atoms with Gasteiger partial charge in [-0.1, -0.05) is 67.6 Å². The second-order valence-corrected chi connectivity index (χ2v) is 8.73. The van der Waals surface area contributed by atoms with Crippen molar-refractivity contribution in [2.24, 2.45) is 4.99 Å². The monoisotopic (exact) mass is 401 g/mol. The number of hydrogen-bond donors (Lipinski definition) is 2. The first-order valence-corrected chi connectivity index (χ1v) is 11.1. The molecule has 1 heterocycles. The molecule has 4 heteroatoms. The quantitative estimate of drug-likeness (QED) is 0.297. The first-order chi connectivity index (χ1) is 14.3. The van der Waals surface area contributed by atoms with Gasteiger partial charge in [0.1, 0.15) is 5.84 Å². The lowest BCUT2D eigenvalue weighted by Crippen LogP contribution is -2.30. The number of nitrogens with one attached hydrogen (secondary N) is 2. The first kappa shape index (κ1) is 19.7. The number of benzene rings is 3. The molecule has 29 heavy (non-hydrogen) atoms. The minimum Gasteiger partial charge on any atom is -0.340 e. The van der Waals surface area contributed by atoms with E-state index in [1.165, 1.54) is 17.7 Å². The zero-order valence-electron chi connectivity index (χ0n) is 16.7. The zero-order chi connectivity index (χ0) is 19.9. The van der Waals surface area contributed by atoms with E-state index in [0.717, 1.165) is 29.3 Å². The Kier molecular flexibility index (Phi) is 6.65. The number of para-hydroxylation sites is 2. The Balaban J connectivity index is 1.65. The largest absolute Gasteiger partial charge is 0.340 e. The number of amidine groups is 1. The van der Waals surface area contributed by atoms with Gasteiger partial charge in [0.15, 0.2) is 0 Å². The van der Waals surface area contributed by atoms with Gasteiger partial charge >= 0.3 is 0 Å². The average Bonchev–Trinajstić information content (AvgIpc) is 3.31. The lowest BCUT2D eigenvalue weighted by molar-refractivity contribution is 0.600. The van der Waals surface area contributed by atoms with Gasteiger partial charge in [0, 0.05) is 27.4 Å². The number of anilines is 1. The van der Waals surface area contributed by atoms with Crippen LogP contribution in [0.15, 0.2) is 94.8 Å². The smallest absolute Gasteiger partial charge is 0.138 e. The third-order valence-electron chi connectivity index (χ3n) is 5.16. The van der Waals surface area contributed by atoms with Gasteiger partial charge in [-0.3, -0.25) is 0 Å². The van der Waals surface area contributed by atoms with E-state index in [2.05, 4.69) is 66.1 Å². The molecule has 1 fully saturated rings. The summed E-state index contributed by atoms with van der Waals surface area (Å²) in [4.78, 5) is 6.29. The third kappa shape index (κ3) is 5.28. The van der Waals surface area contributed by atoms with Gasteiger partial charge in [-0.05, 0) is 43.7 Å². The molecule has 2 N–H and O–H groups in total. The van der Waals surface area contributed by atoms with Gasteiger partial charge in [-0.2, -0.15) is 0 Å². The summed E-state index contributed by atoms with van der Waals surface area (Å²) >= 11 is 1.91. The lowest BCUT2D eigenvalue weighted by Gasteiger charge is -2.20. The highest BCUT2D eigenvalue weighted by molar-refractivity contribution is 8.00. The van der Waals surface area contributed by atoms with Crippen molar-refractivity contribution in [1.29, 1.82) is 0 Å². The summed E-state index contributed by atoms with van der Waals surface area (Å²) in [6.45, 7) is 3.45. The van der Waals surface area contributed by atoms with E-state index in [-0.39, 0.29) is 0 Å². The molecule has 3 aromatic carbocycles. The molecule has 3 nitrogen and oxygen atoms in total. The van der Waals surface area contributed by atoms with Gasteiger partial charge in [0.2, 0.25) is 0 Å². The predicted molar refractivity (Wildman–Crippen MR) is 125 cm³/mol. The number of rotatable bonds is 6. The zero-order valence-corrected chi connectivity index (χ0v) is 17.5. The van der Waals surface area contributed by atoms with Gasteiger partial charge in [0.05, 0.1) is 5.69 Å². The van der Waals surface area contributed by atoms with Crippen LogP contribution in [-0.4, -0.2) is 23.7 Å². The van der Waals surface area contributed by atoms with Crippen molar-refractivity contribution in [3.05, 3.63) is 90.5 Å². The van der Waals surface area contributed by atoms with E-state index >= 15 is 0 Å². The maximum absolute atomic E-state index is 5.07. The van der Waals surface area contributed by atoms with E-state index in [0.29, 0.717) is 11.3 Å². The molecule has 2 atom stereocenters. The summed E-state index contributed by atoms with van der Waals surface area (Å²) in [6.07, 6.45) is 2.53. The molecular weight excluding hydrogens is 374 g/mol. The Morgan fingerprint density at radius 1 is 0.966 bits per heavy atom. The highest BCUT2D eigenvalue weighted by Gasteiger charge is 2.22. The topological polar surface area (TPSA) is 36.4 Å². The fourth-order valence-corrected chi connectivity index (χ4v) is 4.77. The van der Waals surface area contributed by atoms with Crippen LogP contribution >= 0.6 is 11.8 Å². The van der Waals surface area contributed by atoms with Crippen LogP contribution in [0.4, 0.5) is 11.4 Å². The summed E-state index contributed by atoms with van der Waals surface area (Å²) in [5.41, 5.74) is 3.11. The fraction of sp³-hybridized carbons (Fsp3) is 0.240. The van der Waals surface area contributed by atoms with E-state index < -0.39 is 0 Å². The Hall–Kier alpha value is -2.56. The molecule has 0 aliphatic carbocycles. The molecule has 2 unspecified atom stereocenters. The average molecular weight is 402 g/mol. The van der Waals surface area contributed by atoms with Gasteiger partial charge in [-0.25, -0.2) is 4.99 Å². The van der Waals surface area contributed by atoms with Crippen molar-refractivity contribution in [3.63, 3.8) is 0 Å². The molecular formula is C25H27N3S. The van der Waals surface area contributed by atoms with Crippen molar-refractivity contribution >= 4 is 29.0 Å². The standard InChI is InChI=1S/C25H27N3S/c1-19(22-16-10-18-26-22)29-24-17-9-8-15-23(24)28-25(20-11-4-2-5-12-20)27-21-13-6-3-7-14-21/h2-9,11-15,17,19,22,26H,10,16,18H2,1H3,(H,27,28). The molecule has 3 aromatic rings. The summed E-state index contributed by atoms with van der Waals surface area (Å²) in [6, 6.07) is 29.5. The van der Waals surface area contributed by atoms with E-state index in [4.69, 9.17) is 4.99 Å². The number of nitrogens with zero attached hydrogens (tertiary/aromatic N) is 1. The van der Waals surface area contributed by atoms with Crippen molar-refractivity contribution in [3.8, 4) is 0 Å². The highest BCUT2D eigenvalue weighted by atomic mass is 32.2. The molecule has 4 rings (SSSR count). The van der Waals surface area contributed by atoms with Crippen LogP contribution in [0.1, 0.15) is 25.3 Å². The first-order valence-electron chi connectivity index (χ1n) is 10.2. The van der Waals surface area contributed by atoms with Crippen LogP contribution in [0, 0.1) is 0 Å². The lowest BCUT2D eigenvalue weighted by atomic mass is 10.2. The molecule has 1 aliphatic rings. The molecule has 0 radical (unpaired) electrons. The SMILES string of the molecule is CC(Sc1ccccc1N=C(Nc1ccccc1)c1ccccc1)C1CCCN1. The van der Waals surface area contributed by atoms with Crippen molar-refractivity contribution in [1.82, 2.24) is 5.32 Å². The highest BCUT2D eigenvalue weighted by Crippen LogP contribution is 2.35. The van der Waals surface area contributed by atoms with Crippen LogP contribution in [-0.2, 0) is 0 Å². The Morgan fingerprint density at radius 2 is 1.66 bits per heavy atom. The third-order valence-corrected chi connectivity index (χ3v) is 6.46. The number of aliphatic imine (C=N–C) groups is 1. The van der Waals surface area contributed by atoms with Crippen LogP contribution in [0.3, 0.4) is 0 Å². The van der Waals surface area contributed by atoms with Crippen LogP contribution < -0.4 is 10.6 Å². The molecule has 1 aliphatic heterocycles. The Bertz CT molecular complexity index is 935. The second kappa shape index (κ2) is 9.77. The minimum atomic E-state index is 0.510. The molecule has 0 aromatic heterocycles. The van der Waals surface area contributed by atoms with Crippen molar-refractivity contribution in [2.75, 3.05) is 11.9 Å². The van der Waals surface area contributed by atoms with Crippen molar-refractivity contribution < 1.29 is 0 Å². The van der Waals surface area contributed by atoms with Gasteiger partial charge < -0.3 is 10.6 Å². The Labute approximate surface area is 177 Å². The number of hydrogen-bond acceptors (Lipinski definition) is 3. The van der Waals surface area contributed by atoms with E-state index in [9.17, 15) is 0 Å². The van der Waals surface area contributed by atoms with Crippen LogP contribution in [0.5, 0.6) is 0 Å². The summed E-state index contributed by atoms with van der Waals surface area (Å²) in [5.74, 6) is 0.858. The summed E-state index contributed by atoms with van der Waals surface area (Å²) < 4.78 is 0. The van der Waals surface area contributed by atoms with Crippen LogP contribution in [0.25, 0.3) is 0 Å². The second-order valence-electron chi connectivity index (χ2n) is 7.31. The molecule has 0 spiro atoms. The fourth-order valence-electron chi connectivity index (χ4n) is 3.58. The minimum absolute atomic E-state index is 0.510. The van der Waals surface area contributed by atoms with E-state index in [1.807, 2.05) is 48.2 Å². The number of thioether (sulfide) groups is 1. The maximum atomic E-state index is 5.07.